The Labute approximate surface area is 205 Å². The molecule has 1 unspecified atom stereocenters. The summed E-state index contributed by atoms with van der Waals surface area (Å²) in [6.45, 7) is 2.15. The van der Waals surface area contributed by atoms with E-state index in [1.54, 1.807) is 0 Å². The van der Waals surface area contributed by atoms with Crippen molar-refractivity contribution in [2.75, 3.05) is 6.61 Å². The zero-order valence-corrected chi connectivity index (χ0v) is 19.9. The molecule has 2 aliphatic carbocycles. The minimum absolute atomic E-state index is 0.0155. The first kappa shape index (κ1) is 24.5. The van der Waals surface area contributed by atoms with Crippen LogP contribution in [0.25, 0.3) is 11.1 Å². The number of alkyl carbamates (subject to hydrolysis) is 1. The van der Waals surface area contributed by atoms with Crippen LogP contribution in [0.1, 0.15) is 56.1 Å². The van der Waals surface area contributed by atoms with Crippen LogP contribution in [0.5, 0.6) is 0 Å². The Morgan fingerprint density at radius 3 is 2.37 bits per heavy atom. The Balaban J connectivity index is 1.18. The smallest absolute Gasteiger partial charge is 0.407 e. The van der Waals surface area contributed by atoms with Crippen LogP contribution < -0.4 is 10.6 Å². The van der Waals surface area contributed by atoms with E-state index in [1.807, 2.05) is 43.3 Å². The van der Waals surface area contributed by atoms with E-state index in [-0.39, 0.29) is 30.5 Å². The molecule has 184 valence electrons. The van der Waals surface area contributed by atoms with E-state index in [4.69, 9.17) is 9.84 Å². The first-order valence-electron chi connectivity index (χ1n) is 12.2. The third-order valence-corrected chi connectivity index (χ3v) is 6.77. The van der Waals surface area contributed by atoms with Crippen LogP contribution in [-0.4, -0.2) is 41.8 Å². The van der Waals surface area contributed by atoms with Crippen LogP contribution in [-0.2, 0) is 14.3 Å². The second-order valence-corrected chi connectivity index (χ2v) is 9.37. The number of hydrogen-bond donors (Lipinski definition) is 3. The fraction of sp³-hybridized carbons (Fsp3) is 0.393. The lowest BCUT2D eigenvalue weighted by Gasteiger charge is -2.23. The molecule has 35 heavy (non-hydrogen) atoms. The van der Waals surface area contributed by atoms with Crippen molar-refractivity contribution in [2.45, 2.75) is 57.0 Å². The Hall–Kier alpha value is -3.61. The number of carbonyl (C=O) groups is 3. The van der Waals surface area contributed by atoms with Gasteiger partial charge in [0.25, 0.3) is 0 Å². The van der Waals surface area contributed by atoms with Crippen molar-refractivity contribution in [1.29, 1.82) is 0 Å². The average Bonchev–Trinajstić information content (AvgIpc) is 3.16. The highest BCUT2D eigenvalue weighted by atomic mass is 16.5. The topological polar surface area (TPSA) is 105 Å². The lowest BCUT2D eigenvalue weighted by molar-refractivity contribution is -0.142. The lowest BCUT2D eigenvalue weighted by atomic mass is 9.91. The second kappa shape index (κ2) is 11.2. The molecule has 0 aromatic heterocycles. The molecular weight excluding hydrogens is 444 g/mol. The van der Waals surface area contributed by atoms with E-state index in [1.165, 1.54) is 22.3 Å². The molecule has 0 bridgehead atoms. The highest BCUT2D eigenvalue weighted by molar-refractivity contribution is 5.79. The monoisotopic (exact) mass is 476 g/mol. The van der Waals surface area contributed by atoms with Gasteiger partial charge in [0, 0.05) is 24.4 Å². The number of aliphatic carboxylic acids is 1. The Morgan fingerprint density at radius 1 is 1.06 bits per heavy atom. The first-order valence-corrected chi connectivity index (χ1v) is 12.2. The molecule has 0 radical (unpaired) electrons. The van der Waals surface area contributed by atoms with Gasteiger partial charge in [-0.1, -0.05) is 60.7 Å². The van der Waals surface area contributed by atoms with Crippen LogP contribution >= 0.6 is 0 Å². The molecule has 0 fully saturated rings. The zero-order valence-electron chi connectivity index (χ0n) is 19.9. The number of nitrogens with one attached hydrogen (secondary N) is 2. The summed E-state index contributed by atoms with van der Waals surface area (Å²) in [5, 5.41) is 14.9. The highest BCUT2D eigenvalue weighted by Gasteiger charge is 2.29. The van der Waals surface area contributed by atoms with Crippen LogP contribution in [0.4, 0.5) is 4.79 Å². The number of ether oxygens (including phenoxy) is 1. The second-order valence-electron chi connectivity index (χ2n) is 9.37. The van der Waals surface area contributed by atoms with E-state index in [0.29, 0.717) is 32.1 Å². The summed E-state index contributed by atoms with van der Waals surface area (Å²) in [5.41, 5.74) is 4.71. The van der Waals surface area contributed by atoms with Gasteiger partial charge in [-0.25, -0.2) is 4.79 Å². The van der Waals surface area contributed by atoms with Gasteiger partial charge in [-0.05, 0) is 54.9 Å². The highest BCUT2D eigenvalue weighted by Crippen LogP contribution is 2.44. The Bertz CT molecular complexity index is 1070. The summed E-state index contributed by atoms with van der Waals surface area (Å²) in [6.07, 6.45) is 5.69. The summed E-state index contributed by atoms with van der Waals surface area (Å²) in [4.78, 5) is 35.8. The summed E-state index contributed by atoms with van der Waals surface area (Å²) >= 11 is 0. The average molecular weight is 477 g/mol. The molecule has 2 amide bonds. The van der Waals surface area contributed by atoms with Crippen LogP contribution in [0.3, 0.4) is 0 Å². The van der Waals surface area contributed by atoms with E-state index in [9.17, 15) is 14.4 Å². The molecule has 0 saturated heterocycles. The van der Waals surface area contributed by atoms with Crippen LogP contribution in [0, 0.1) is 5.92 Å². The molecule has 3 atom stereocenters. The van der Waals surface area contributed by atoms with E-state index in [2.05, 4.69) is 34.9 Å². The number of amides is 2. The van der Waals surface area contributed by atoms with Gasteiger partial charge in [-0.15, -0.1) is 0 Å². The number of carboxylic acid groups (broad SMARTS) is 1. The number of benzene rings is 2. The maximum atomic E-state index is 12.4. The predicted octanol–water partition coefficient (Wildman–Crippen LogP) is 4.62. The minimum Gasteiger partial charge on any atom is -0.481 e. The molecule has 0 saturated carbocycles. The molecule has 4 rings (SSSR count). The minimum atomic E-state index is -0.832. The van der Waals surface area contributed by atoms with Crippen LogP contribution in [0.2, 0.25) is 0 Å². The third-order valence-electron chi connectivity index (χ3n) is 6.77. The molecule has 2 aromatic carbocycles. The van der Waals surface area contributed by atoms with Crippen molar-refractivity contribution in [1.82, 2.24) is 10.6 Å². The predicted molar refractivity (Wildman–Crippen MR) is 133 cm³/mol. The van der Waals surface area contributed by atoms with Crippen molar-refractivity contribution in [3.63, 3.8) is 0 Å². The van der Waals surface area contributed by atoms with Crippen molar-refractivity contribution in [2.24, 2.45) is 5.92 Å². The molecule has 0 heterocycles. The number of carbonyl (C=O) groups excluding carboxylic acids is 2. The molecule has 7 heteroatoms. The molecule has 2 aliphatic rings. The molecule has 3 N–H and O–H groups in total. The standard InChI is InChI=1S/C28H32N2O5/c1-18(8-6-15-26(31)30-20-10-7-9-19(16-20)27(32)33)29-28(34)35-17-25-23-13-4-2-11-21(23)22-12-3-5-14-24(22)25/h2-5,7,10-14,18-20,25H,6,8-9,15-17H2,1H3,(H,29,34)(H,30,31)(H,32,33)/t18?,19-,20-/m1/s1. The van der Waals surface area contributed by atoms with Crippen LogP contribution in [0.15, 0.2) is 60.7 Å². The molecule has 2 aromatic rings. The normalized spacial score (nSPS) is 19.3. The van der Waals surface area contributed by atoms with E-state index >= 15 is 0 Å². The van der Waals surface area contributed by atoms with Gasteiger partial charge in [-0.3, -0.25) is 9.59 Å². The third kappa shape index (κ3) is 6.10. The summed E-state index contributed by atoms with van der Waals surface area (Å²) in [5.74, 6) is -1.38. The SMILES string of the molecule is CC(CCCC(=O)N[C@@H]1C=CC[C@@H](C(=O)O)C1)NC(=O)OCC1c2ccccc2-c2ccccc21. The number of hydrogen-bond acceptors (Lipinski definition) is 4. The van der Waals surface area contributed by atoms with Gasteiger partial charge in [0.15, 0.2) is 0 Å². The van der Waals surface area contributed by atoms with E-state index in [0.717, 1.165) is 0 Å². The number of rotatable bonds is 9. The summed E-state index contributed by atoms with van der Waals surface area (Å²) in [7, 11) is 0. The van der Waals surface area contributed by atoms with E-state index < -0.39 is 18.0 Å². The quantitative estimate of drug-likeness (QED) is 0.458. The summed E-state index contributed by atoms with van der Waals surface area (Å²) in [6, 6.07) is 16.0. The van der Waals surface area contributed by atoms with Crippen molar-refractivity contribution in [3.05, 3.63) is 71.8 Å². The number of carboxylic acids is 1. The van der Waals surface area contributed by atoms with Gasteiger partial charge in [0.05, 0.1) is 5.92 Å². The maximum Gasteiger partial charge on any atom is 0.407 e. The number of allylic oxidation sites excluding steroid dienone is 1. The summed E-state index contributed by atoms with van der Waals surface area (Å²) < 4.78 is 5.58. The molecular formula is C28H32N2O5. The van der Waals surface area contributed by atoms with Gasteiger partial charge < -0.3 is 20.5 Å². The number of fused-ring (bicyclic) bond motifs is 3. The zero-order chi connectivity index (χ0) is 24.8. The Morgan fingerprint density at radius 2 is 1.71 bits per heavy atom. The molecule has 0 spiro atoms. The van der Waals surface area contributed by atoms with Crippen molar-refractivity contribution >= 4 is 18.0 Å². The van der Waals surface area contributed by atoms with Gasteiger partial charge in [0.2, 0.25) is 5.91 Å². The fourth-order valence-electron chi connectivity index (χ4n) is 4.96. The lowest BCUT2D eigenvalue weighted by Crippen LogP contribution is -2.38. The molecule has 0 aliphatic heterocycles. The van der Waals surface area contributed by atoms with Gasteiger partial charge in [-0.2, -0.15) is 0 Å². The van der Waals surface area contributed by atoms with Gasteiger partial charge >= 0.3 is 12.1 Å². The van der Waals surface area contributed by atoms with Gasteiger partial charge in [0.1, 0.15) is 6.61 Å². The fourth-order valence-corrected chi connectivity index (χ4v) is 4.96. The Kier molecular flexibility index (Phi) is 7.85. The largest absolute Gasteiger partial charge is 0.481 e. The van der Waals surface area contributed by atoms with Crippen molar-refractivity contribution in [3.8, 4) is 11.1 Å². The first-order chi connectivity index (χ1) is 16.9. The molecule has 7 nitrogen and oxygen atoms in total. The maximum absolute atomic E-state index is 12.4. The van der Waals surface area contributed by atoms with Crippen molar-refractivity contribution < 1.29 is 24.2 Å².